The normalized spacial score (nSPS) is 17.7. The zero-order valence-corrected chi connectivity index (χ0v) is 14.9. The van der Waals surface area contributed by atoms with Crippen molar-refractivity contribution in [2.24, 2.45) is 11.7 Å². The lowest BCUT2D eigenvalue weighted by atomic mass is 9.84. The third-order valence-electron chi connectivity index (χ3n) is 4.50. The molecule has 3 N–H and O–H groups in total. The number of nitrogens with two attached hydrogens (primary N) is 1. The molecule has 23 heavy (non-hydrogen) atoms. The number of halogens is 1. The van der Waals surface area contributed by atoms with Crippen molar-refractivity contribution in [2.45, 2.75) is 58.1 Å². The van der Waals surface area contributed by atoms with Crippen LogP contribution in [0, 0.1) is 12.8 Å². The van der Waals surface area contributed by atoms with E-state index in [1.165, 1.54) is 24.8 Å². The number of carbonyl (C=O) groups excluding carboxylic acids is 1. The summed E-state index contributed by atoms with van der Waals surface area (Å²) in [5.41, 5.74) is 7.04. The van der Waals surface area contributed by atoms with Crippen molar-refractivity contribution in [1.29, 1.82) is 0 Å². The van der Waals surface area contributed by atoms with Crippen LogP contribution in [0.3, 0.4) is 0 Å². The van der Waals surface area contributed by atoms with Crippen LogP contribution in [0.2, 0.25) is 0 Å². The van der Waals surface area contributed by atoms with Crippen molar-refractivity contribution < 1.29 is 9.53 Å². The zero-order chi connectivity index (χ0) is 15.9. The highest BCUT2D eigenvalue weighted by Crippen LogP contribution is 2.26. The molecule has 1 fully saturated rings. The average molecular weight is 341 g/mol. The standard InChI is InChI=1S/C18H28N2O2.ClH/c1-13-8-10-16(11-9-13)22-14(2)18(21)20-17(12-19)15-6-4-3-5-7-15;/h8-11,14-15,17H,3-7,12,19H2,1-2H3,(H,20,21);1H. The molecule has 1 aromatic rings. The van der Waals surface area contributed by atoms with Crippen LogP contribution in [0.1, 0.15) is 44.6 Å². The molecule has 1 aliphatic carbocycles. The highest BCUT2D eigenvalue weighted by Gasteiger charge is 2.26. The lowest BCUT2D eigenvalue weighted by Crippen LogP contribution is -2.49. The first kappa shape index (κ1) is 19.8. The minimum Gasteiger partial charge on any atom is -0.481 e. The Kier molecular flexibility index (Phi) is 8.42. The van der Waals surface area contributed by atoms with Gasteiger partial charge in [-0.15, -0.1) is 12.4 Å². The smallest absolute Gasteiger partial charge is 0.261 e. The van der Waals surface area contributed by atoms with Gasteiger partial charge < -0.3 is 15.8 Å². The number of amides is 1. The summed E-state index contributed by atoms with van der Waals surface area (Å²) in [6, 6.07) is 7.80. The molecule has 5 heteroatoms. The number of hydrogen-bond donors (Lipinski definition) is 2. The summed E-state index contributed by atoms with van der Waals surface area (Å²) < 4.78 is 5.71. The fraction of sp³-hybridized carbons (Fsp3) is 0.611. The topological polar surface area (TPSA) is 64.3 Å². The van der Waals surface area contributed by atoms with Crippen molar-refractivity contribution in [3.63, 3.8) is 0 Å². The maximum Gasteiger partial charge on any atom is 0.261 e. The third-order valence-corrected chi connectivity index (χ3v) is 4.50. The lowest BCUT2D eigenvalue weighted by molar-refractivity contribution is -0.128. The molecule has 1 aromatic carbocycles. The van der Waals surface area contributed by atoms with Crippen LogP contribution < -0.4 is 15.8 Å². The third kappa shape index (κ3) is 6.04. The Hall–Kier alpha value is -1.26. The second-order valence-electron chi connectivity index (χ2n) is 6.32. The van der Waals surface area contributed by atoms with Gasteiger partial charge >= 0.3 is 0 Å². The van der Waals surface area contributed by atoms with Gasteiger partial charge in [0.25, 0.3) is 5.91 Å². The maximum absolute atomic E-state index is 12.3. The zero-order valence-electron chi connectivity index (χ0n) is 14.1. The second-order valence-corrected chi connectivity index (χ2v) is 6.32. The van der Waals surface area contributed by atoms with E-state index in [9.17, 15) is 4.79 Å². The van der Waals surface area contributed by atoms with Crippen molar-refractivity contribution in [3.8, 4) is 5.75 Å². The summed E-state index contributed by atoms with van der Waals surface area (Å²) in [5, 5.41) is 3.08. The minimum atomic E-state index is -0.514. The largest absolute Gasteiger partial charge is 0.481 e. The van der Waals surface area contributed by atoms with Gasteiger partial charge in [0.1, 0.15) is 5.75 Å². The van der Waals surface area contributed by atoms with E-state index in [0.29, 0.717) is 12.5 Å². The number of benzene rings is 1. The fourth-order valence-electron chi connectivity index (χ4n) is 3.08. The van der Waals surface area contributed by atoms with E-state index in [4.69, 9.17) is 10.5 Å². The van der Waals surface area contributed by atoms with Crippen molar-refractivity contribution >= 4 is 18.3 Å². The second kappa shape index (κ2) is 9.78. The first-order valence-corrected chi connectivity index (χ1v) is 8.34. The van der Waals surface area contributed by atoms with Crippen molar-refractivity contribution in [1.82, 2.24) is 5.32 Å². The van der Waals surface area contributed by atoms with Crippen LogP contribution in [-0.4, -0.2) is 24.6 Å². The first-order chi connectivity index (χ1) is 10.6. The molecule has 1 saturated carbocycles. The number of carbonyl (C=O) groups is 1. The number of ether oxygens (including phenoxy) is 1. The van der Waals surface area contributed by atoms with Crippen LogP contribution in [0.4, 0.5) is 0 Å². The molecule has 0 spiro atoms. The molecule has 0 aromatic heterocycles. The summed E-state index contributed by atoms with van der Waals surface area (Å²) in [4.78, 5) is 12.3. The van der Waals surface area contributed by atoms with E-state index in [1.54, 1.807) is 6.92 Å². The number of hydrogen-bond acceptors (Lipinski definition) is 3. The predicted octanol–water partition coefficient (Wildman–Crippen LogP) is 3.21. The van der Waals surface area contributed by atoms with Crippen LogP contribution in [0.5, 0.6) is 5.75 Å². The van der Waals surface area contributed by atoms with E-state index < -0.39 is 6.10 Å². The molecule has 2 atom stereocenters. The molecule has 2 unspecified atom stereocenters. The maximum atomic E-state index is 12.3. The molecule has 0 heterocycles. The SMILES string of the molecule is Cc1ccc(OC(C)C(=O)NC(CN)C2CCCCC2)cc1.Cl. The van der Waals surface area contributed by atoms with Crippen LogP contribution in [0.15, 0.2) is 24.3 Å². The van der Waals surface area contributed by atoms with Gasteiger partial charge in [0, 0.05) is 12.6 Å². The van der Waals surface area contributed by atoms with Gasteiger partial charge in [-0.2, -0.15) is 0 Å². The lowest BCUT2D eigenvalue weighted by Gasteiger charge is -2.30. The summed E-state index contributed by atoms with van der Waals surface area (Å²) in [6.07, 6.45) is 5.60. The minimum absolute atomic E-state index is 0. The van der Waals surface area contributed by atoms with Crippen molar-refractivity contribution in [2.75, 3.05) is 6.54 Å². The van der Waals surface area contributed by atoms with E-state index in [-0.39, 0.29) is 24.4 Å². The summed E-state index contributed by atoms with van der Waals surface area (Å²) >= 11 is 0. The van der Waals surface area contributed by atoms with E-state index in [1.807, 2.05) is 31.2 Å². The number of aryl methyl sites for hydroxylation is 1. The van der Waals surface area contributed by atoms with Gasteiger partial charge in [0.15, 0.2) is 6.10 Å². The summed E-state index contributed by atoms with van der Waals surface area (Å²) in [5.74, 6) is 1.14. The molecule has 0 radical (unpaired) electrons. The molecule has 0 saturated heterocycles. The fourth-order valence-corrected chi connectivity index (χ4v) is 3.08. The Morgan fingerprint density at radius 3 is 2.43 bits per heavy atom. The monoisotopic (exact) mass is 340 g/mol. The Balaban J connectivity index is 0.00000264. The van der Waals surface area contributed by atoms with Crippen LogP contribution in [-0.2, 0) is 4.79 Å². The highest BCUT2D eigenvalue weighted by molar-refractivity contribution is 5.85. The molecule has 0 bridgehead atoms. The Labute approximate surface area is 145 Å². The molecular weight excluding hydrogens is 312 g/mol. The van der Waals surface area contributed by atoms with Crippen LogP contribution in [0.25, 0.3) is 0 Å². The Morgan fingerprint density at radius 1 is 1.26 bits per heavy atom. The molecular formula is C18H29ClN2O2. The van der Waals surface area contributed by atoms with Gasteiger partial charge in [0.05, 0.1) is 0 Å². The van der Waals surface area contributed by atoms with Gasteiger partial charge in [-0.3, -0.25) is 4.79 Å². The predicted molar refractivity (Wildman–Crippen MR) is 96.1 cm³/mol. The van der Waals surface area contributed by atoms with Crippen molar-refractivity contribution in [3.05, 3.63) is 29.8 Å². The first-order valence-electron chi connectivity index (χ1n) is 8.34. The molecule has 1 aliphatic rings. The number of nitrogens with one attached hydrogen (secondary N) is 1. The van der Waals surface area contributed by atoms with Gasteiger partial charge in [-0.1, -0.05) is 37.0 Å². The van der Waals surface area contributed by atoms with E-state index in [2.05, 4.69) is 5.32 Å². The Bertz CT molecular complexity index is 472. The summed E-state index contributed by atoms with van der Waals surface area (Å²) in [7, 11) is 0. The molecule has 2 rings (SSSR count). The van der Waals surface area contributed by atoms with Crippen LogP contribution >= 0.6 is 12.4 Å². The van der Waals surface area contributed by atoms with E-state index >= 15 is 0 Å². The quantitative estimate of drug-likeness (QED) is 0.835. The number of rotatable bonds is 6. The molecule has 130 valence electrons. The summed E-state index contributed by atoms with van der Waals surface area (Å²) in [6.45, 7) is 4.30. The average Bonchev–Trinajstić information content (AvgIpc) is 2.55. The molecule has 1 amide bonds. The van der Waals surface area contributed by atoms with E-state index in [0.717, 1.165) is 18.6 Å². The van der Waals surface area contributed by atoms with Gasteiger partial charge in [-0.05, 0) is 44.7 Å². The van der Waals surface area contributed by atoms with Gasteiger partial charge in [-0.25, -0.2) is 0 Å². The highest BCUT2D eigenvalue weighted by atomic mass is 35.5. The molecule has 0 aliphatic heterocycles. The Morgan fingerprint density at radius 2 is 1.87 bits per heavy atom. The molecule has 4 nitrogen and oxygen atoms in total. The van der Waals surface area contributed by atoms with Gasteiger partial charge in [0.2, 0.25) is 0 Å².